The molecule has 0 aliphatic rings. The van der Waals surface area contributed by atoms with Crippen molar-refractivity contribution < 1.29 is 18.7 Å². The summed E-state index contributed by atoms with van der Waals surface area (Å²) in [6, 6.07) is 3.53. The maximum absolute atomic E-state index is 12.4. The van der Waals surface area contributed by atoms with Crippen LogP contribution in [0.3, 0.4) is 0 Å². The van der Waals surface area contributed by atoms with Crippen LogP contribution in [0.2, 0.25) is 0 Å². The van der Waals surface area contributed by atoms with Gasteiger partial charge in [-0.3, -0.25) is 0 Å². The van der Waals surface area contributed by atoms with E-state index in [1.54, 1.807) is 32.9 Å². The van der Waals surface area contributed by atoms with Crippen molar-refractivity contribution in [3.05, 3.63) is 24.7 Å². The molecule has 0 atom stereocenters. The van der Waals surface area contributed by atoms with Crippen LogP contribution in [0.4, 0.5) is 4.79 Å². The maximum atomic E-state index is 12.4. The molecule has 0 bridgehead atoms. The fourth-order valence-corrected chi connectivity index (χ4v) is 2.15. The zero-order valence-corrected chi connectivity index (χ0v) is 14.3. The molecule has 24 heavy (non-hydrogen) atoms. The average molecular weight is 348 g/mol. The molecule has 0 radical (unpaired) electrons. The lowest BCUT2D eigenvalue weighted by Gasteiger charge is -2.19. The first-order valence-electron chi connectivity index (χ1n) is 7.15. The molecule has 0 aromatic carbocycles. The number of nitrogens with zero attached hydrogens (tertiary/aromatic N) is 4. The lowest BCUT2D eigenvalue weighted by molar-refractivity contribution is 0.0542. The standard InChI is InChI=1S/C15H16N4O4S/c1-15(2,3)23-14(20)19-7-16-11-10(9-5-4-6-21-9)17-13(22-8-24)18-12(11)19/h4-7,24H,8H2,1-3H3. The molecule has 0 saturated carbocycles. The molecular weight excluding hydrogens is 332 g/mol. The third-order valence-corrected chi connectivity index (χ3v) is 3.04. The molecule has 3 aromatic rings. The highest BCUT2D eigenvalue weighted by atomic mass is 32.1. The molecule has 9 heteroatoms. The number of aromatic nitrogens is 4. The van der Waals surface area contributed by atoms with Gasteiger partial charge in [-0.2, -0.15) is 9.97 Å². The fraction of sp³-hybridized carbons (Fsp3) is 0.333. The van der Waals surface area contributed by atoms with Crippen LogP contribution in [0.15, 0.2) is 29.1 Å². The monoisotopic (exact) mass is 348 g/mol. The average Bonchev–Trinajstić information content (AvgIpc) is 3.14. The highest BCUT2D eigenvalue weighted by molar-refractivity contribution is 7.80. The number of ether oxygens (including phenoxy) is 2. The normalized spacial score (nSPS) is 11.7. The van der Waals surface area contributed by atoms with Crippen LogP contribution < -0.4 is 4.74 Å². The SMILES string of the molecule is CC(C)(C)OC(=O)n1cnc2c(-c3ccco3)nc(OCS)nc21. The highest BCUT2D eigenvalue weighted by Crippen LogP contribution is 2.27. The van der Waals surface area contributed by atoms with Gasteiger partial charge in [0.05, 0.1) is 6.26 Å². The summed E-state index contributed by atoms with van der Waals surface area (Å²) in [4.78, 5) is 25.1. The van der Waals surface area contributed by atoms with Crippen LogP contribution in [0.1, 0.15) is 20.8 Å². The van der Waals surface area contributed by atoms with E-state index in [0.717, 1.165) is 0 Å². The van der Waals surface area contributed by atoms with E-state index in [4.69, 9.17) is 13.9 Å². The Kier molecular flexibility index (Phi) is 4.18. The van der Waals surface area contributed by atoms with Gasteiger partial charge in [0.15, 0.2) is 11.4 Å². The third kappa shape index (κ3) is 3.21. The highest BCUT2D eigenvalue weighted by Gasteiger charge is 2.23. The third-order valence-electron chi connectivity index (χ3n) is 2.91. The van der Waals surface area contributed by atoms with Gasteiger partial charge in [-0.05, 0) is 32.9 Å². The minimum Gasteiger partial charge on any atom is -0.463 e. The predicted molar refractivity (Wildman–Crippen MR) is 89.1 cm³/mol. The molecule has 126 valence electrons. The Labute approximate surface area is 143 Å². The molecule has 3 heterocycles. The first-order chi connectivity index (χ1) is 11.4. The van der Waals surface area contributed by atoms with Crippen LogP contribution in [-0.2, 0) is 4.74 Å². The first-order valence-corrected chi connectivity index (χ1v) is 7.78. The smallest absolute Gasteiger partial charge is 0.421 e. The number of furan rings is 1. The molecule has 0 amide bonds. The van der Waals surface area contributed by atoms with Crippen LogP contribution in [0, 0.1) is 0 Å². The molecule has 3 rings (SSSR count). The summed E-state index contributed by atoms with van der Waals surface area (Å²) in [6.07, 6.45) is 2.27. The number of carbonyl (C=O) groups is 1. The number of rotatable bonds is 3. The van der Waals surface area contributed by atoms with Gasteiger partial charge in [-0.25, -0.2) is 14.3 Å². The number of carbonyl (C=O) groups excluding carboxylic acids is 1. The van der Waals surface area contributed by atoms with E-state index in [0.29, 0.717) is 17.0 Å². The number of hydrogen-bond donors (Lipinski definition) is 1. The van der Waals surface area contributed by atoms with E-state index in [1.807, 2.05) is 0 Å². The molecule has 8 nitrogen and oxygen atoms in total. The quantitative estimate of drug-likeness (QED) is 0.574. The van der Waals surface area contributed by atoms with Crippen LogP contribution >= 0.6 is 12.6 Å². The number of thiol groups is 1. The summed E-state index contributed by atoms with van der Waals surface area (Å²) < 4.78 is 17.2. The lowest BCUT2D eigenvalue weighted by Crippen LogP contribution is -2.27. The van der Waals surface area contributed by atoms with Gasteiger partial charge in [0, 0.05) is 0 Å². The van der Waals surface area contributed by atoms with E-state index in [1.165, 1.54) is 17.2 Å². The second-order valence-electron chi connectivity index (χ2n) is 5.87. The Morgan fingerprint density at radius 3 is 2.79 bits per heavy atom. The minimum atomic E-state index is -0.644. The Balaban J connectivity index is 2.15. The van der Waals surface area contributed by atoms with Gasteiger partial charge in [0.1, 0.15) is 29.1 Å². The van der Waals surface area contributed by atoms with Crippen molar-refractivity contribution >= 4 is 29.9 Å². The topological polar surface area (TPSA) is 92.3 Å². The Hall–Kier alpha value is -2.55. The Morgan fingerprint density at radius 2 is 2.17 bits per heavy atom. The van der Waals surface area contributed by atoms with Gasteiger partial charge in [-0.1, -0.05) is 0 Å². The first kappa shape index (κ1) is 16.3. The number of hydrogen-bond acceptors (Lipinski definition) is 8. The van der Waals surface area contributed by atoms with Crippen molar-refractivity contribution in [1.82, 2.24) is 19.5 Å². The summed E-state index contributed by atoms with van der Waals surface area (Å²) in [6.45, 7) is 5.34. The minimum absolute atomic E-state index is 0.0641. The molecule has 0 N–H and O–H groups in total. The van der Waals surface area contributed by atoms with Gasteiger partial charge < -0.3 is 13.9 Å². The van der Waals surface area contributed by atoms with Crippen LogP contribution in [-0.4, -0.2) is 37.2 Å². The van der Waals surface area contributed by atoms with E-state index in [-0.39, 0.29) is 17.6 Å². The second-order valence-corrected chi connectivity index (χ2v) is 6.13. The summed E-state index contributed by atoms with van der Waals surface area (Å²) in [5.74, 6) is 0.574. The van der Waals surface area contributed by atoms with Crippen LogP contribution in [0.25, 0.3) is 22.6 Å². The summed E-state index contributed by atoms with van der Waals surface area (Å²) >= 11 is 4.00. The summed E-state index contributed by atoms with van der Waals surface area (Å²) in [5, 5.41) is 0. The molecule has 3 aromatic heterocycles. The molecular formula is C15H16N4O4S. The van der Waals surface area contributed by atoms with E-state index >= 15 is 0 Å². The maximum Gasteiger partial charge on any atom is 0.421 e. The Morgan fingerprint density at radius 1 is 1.38 bits per heavy atom. The Bertz CT molecular complexity index is 868. The lowest BCUT2D eigenvalue weighted by atomic mass is 10.2. The van der Waals surface area contributed by atoms with Crippen molar-refractivity contribution in [3.8, 4) is 17.5 Å². The van der Waals surface area contributed by atoms with E-state index in [9.17, 15) is 4.79 Å². The molecule has 0 aliphatic carbocycles. The van der Waals surface area contributed by atoms with E-state index < -0.39 is 11.7 Å². The number of imidazole rings is 1. The van der Waals surface area contributed by atoms with Gasteiger partial charge in [0.25, 0.3) is 0 Å². The molecule has 0 aliphatic heterocycles. The van der Waals surface area contributed by atoms with Crippen molar-refractivity contribution in [2.75, 3.05) is 5.94 Å². The van der Waals surface area contributed by atoms with Crippen molar-refractivity contribution in [2.24, 2.45) is 0 Å². The van der Waals surface area contributed by atoms with Crippen molar-refractivity contribution in [1.29, 1.82) is 0 Å². The zero-order chi connectivity index (χ0) is 17.3. The van der Waals surface area contributed by atoms with Gasteiger partial charge in [-0.15, -0.1) is 12.6 Å². The molecule has 0 fully saturated rings. The van der Waals surface area contributed by atoms with Crippen molar-refractivity contribution in [3.63, 3.8) is 0 Å². The summed E-state index contributed by atoms with van der Waals surface area (Å²) in [7, 11) is 0. The molecule has 0 spiro atoms. The van der Waals surface area contributed by atoms with E-state index in [2.05, 4.69) is 27.6 Å². The number of fused-ring (bicyclic) bond motifs is 1. The largest absolute Gasteiger partial charge is 0.463 e. The van der Waals surface area contributed by atoms with Crippen LogP contribution in [0.5, 0.6) is 6.01 Å². The van der Waals surface area contributed by atoms with Gasteiger partial charge in [0.2, 0.25) is 0 Å². The molecule has 0 saturated heterocycles. The fourth-order valence-electron chi connectivity index (χ4n) is 2.03. The van der Waals surface area contributed by atoms with Gasteiger partial charge >= 0.3 is 12.1 Å². The predicted octanol–water partition coefficient (Wildman–Crippen LogP) is 3.14. The molecule has 0 unspecified atom stereocenters. The van der Waals surface area contributed by atoms with Crippen molar-refractivity contribution in [2.45, 2.75) is 26.4 Å². The summed E-state index contributed by atoms with van der Waals surface area (Å²) in [5.41, 5.74) is 0.448. The second kappa shape index (κ2) is 6.16. The zero-order valence-electron chi connectivity index (χ0n) is 13.4.